The van der Waals surface area contributed by atoms with Gasteiger partial charge >= 0.3 is 0 Å². The molecule has 0 amide bonds. The summed E-state index contributed by atoms with van der Waals surface area (Å²) in [5.41, 5.74) is 7.07. The number of fused-ring (bicyclic) bond motifs is 1. The molecule has 0 saturated carbocycles. The maximum Gasteiger partial charge on any atom is 0.206 e. The summed E-state index contributed by atoms with van der Waals surface area (Å²) in [6.45, 7) is 0.0722. The lowest BCUT2D eigenvalue weighted by molar-refractivity contribution is 0.322. The number of hydrogen-bond donors (Lipinski definition) is 2. The van der Waals surface area contributed by atoms with E-state index in [9.17, 15) is 0 Å². The van der Waals surface area contributed by atoms with Gasteiger partial charge in [0.15, 0.2) is 0 Å². The zero-order valence-corrected chi connectivity index (χ0v) is 9.91. The van der Waals surface area contributed by atoms with Gasteiger partial charge in [0, 0.05) is 11.3 Å². The molecule has 88 valence electrons. The topological polar surface area (TPSA) is 79.3 Å². The molecule has 1 unspecified atom stereocenters. The van der Waals surface area contributed by atoms with Crippen molar-refractivity contribution in [3.63, 3.8) is 0 Å². The lowest BCUT2D eigenvalue weighted by atomic mass is 10.0. The number of nitrogens with two attached hydrogens (primary N) is 1. The first-order valence-corrected chi connectivity index (χ1v) is 6.21. The predicted octanol–water partition coefficient (Wildman–Crippen LogP) is 1.54. The Balaban J connectivity index is 2.40. The maximum absolute atomic E-state index is 9.11. The Morgan fingerprint density at radius 1 is 1.47 bits per heavy atom. The number of ether oxygens (including phenoxy) is 1. The number of aliphatic hydroxyl groups is 1. The number of rotatable bonds is 3. The normalized spacial score (nSPS) is 18.2. The average molecular weight is 248 g/mol. The molecule has 5 heteroatoms. The first-order chi connectivity index (χ1) is 8.27. The van der Waals surface area contributed by atoms with Crippen LogP contribution in [0.4, 0.5) is 0 Å². The molecule has 3 N–H and O–H groups in total. The van der Waals surface area contributed by atoms with Crippen LogP contribution in [0.15, 0.2) is 35.7 Å². The van der Waals surface area contributed by atoms with Crippen molar-refractivity contribution in [2.24, 2.45) is 5.73 Å². The smallest absolute Gasteiger partial charge is 0.206 e. The fourth-order valence-corrected chi connectivity index (χ4v) is 2.76. The predicted molar refractivity (Wildman–Crippen MR) is 66.2 cm³/mol. The van der Waals surface area contributed by atoms with E-state index in [0.29, 0.717) is 17.1 Å². The number of nitrogens with zero attached hydrogens (tertiary/aromatic N) is 1. The minimum Gasteiger partial charge on any atom is -0.440 e. The second-order valence-corrected chi connectivity index (χ2v) is 4.72. The fraction of sp³-hybridized carbons (Fsp3) is 0.250. The van der Waals surface area contributed by atoms with Crippen LogP contribution in [0.2, 0.25) is 0 Å². The van der Waals surface area contributed by atoms with Crippen molar-refractivity contribution in [3.8, 4) is 11.8 Å². The Hall–Kier alpha value is -1.64. The average Bonchev–Trinajstić information content (AvgIpc) is 2.35. The Morgan fingerprint density at radius 2 is 2.24 bits per heavy atom. The quantitative estimate of drug-likeness (QED) is 0.848. The first kappa shape index (κ1) is 11.8. The van der Waals surface area contributed by atoms with Gasteiger partial charge in [0.25, 0.3) is 0 Å². The third-order valence-electron chi connectivity index (χ3n) is 2.45. The summed E-state index contributed by atoms with van der Waals surface area (Å²) in [7, 11) is 0. The summed E-state index contributed by atoms with van der Waals surface area (Å²) in [4.78, 5) is 0. The highest BCUT2D eigenvalue weighted by Gasteiger charge is 2.28. The van der Waals surface area contributed by atoms with E-state index >= 15 is 0 Å². The van der Waals surface area contributed by atoms with Crippen molar-refractivity contribution in [3.05, 3.63) is 41.3 Å². The Kier molecular flexibility index (Phi) is 3.57. The van der Waals surface area contributed by atoms with Crippen LogP contribution in [0.3, 0.4) is 0 Å². The van der Waals surface area contributed by atoms with E-state index in [0.717, 1.165) is 5.56 Å². The zero-order valence-electron chi connectivity index (χ0n) is 9.09. The maximum atomic E-state index is 9.11. The SMILES string of the molecule is N#CC1=C(N)Oc2ccccc2C1SCCO. The van der Waals surface area contributed by atoms with Gasteiger partial charge in [-0.05, 0) is 6.07 Å². The van der Waals surface area contributed by atoms with Crippen molar-refractivity contribution in [2.75, 3.05) is 12.4 Å². The molecule has 1 heterocycles. The van der Waals surface area contributed by atoms with Gasteiger partial charge < -0.3 is 15.6 Å². The highest BCUT2D eigenvalue weighted by Crippen LogP contribution is 2.44. The molecule has 1 aromatic carbocycles. The number of thioether (sulfide) groups is 1. The van der Waals surface area contributed by atoms with Crippen molar-refractivity contribution < 1.29 is 9.84 Å². The number of hydrogen-bond acceptors (Lipinski definition) is 5. The molecule has 2 rings (SSSR count). The van der Waals surface area contributed by atoms with Crippen LogP contribution in [0.1, 0.15) is 10.8 Å². The fourth-order valence-electron chi connectivity index (χ4n) is 1.71. The number of para-hydroxylation sites is 1. The van der Waals surface area contributed by atoms with Gasteiger partial charge in [-0.25, -0.2) is 0 Å². The summed E-state index contributed by atoms with van der Waals surface area (Å²) < 4.78 is 5.40. The first-order valence-electron chi connectivity index (χ1n) is 5.17. The zero-order chi connectivity index (χ0) is 12.3. The Labute approximate surface area is 104 Å². The van der Waals surface area contributed by atoms with Gasteiger partial charge in [-0.15, -0.1) is 11.8 Å². The summed E-state index contributed by atoms with van der Waals surface area (Å²) >= 11 is 1.49. The molecule has 0 saturated heterocycles. The lowest BCUT2D eigenvalue weighted by Gasteiger charge is -2.25. The van der Waals surface area contributed by atoms with Gasteiger partial charge in [-0.1, -0.05) is 18.2 Å². The van der Waals surface area contributed by atoms with Gasteiger partial charge in [0.1, 0.15) is 17.4 Å². The summed E-state index contributed by atoms with van der Waals surface area (Å²) in [6, 6.07) is 9.57. The minimum absolute atomic E-state index is 0.0722. The van der Waals surface area contributed by atoms with Crippen LogP contribution in [-0.4, -0.2) is 17.5 Å². The molecule has 1 aromatic rings. The minimum atomic E-state index is -0.155. The molecule has 1 atom stereocenters. The van der Waals surface area contributed by atoms with Crippen molar-refractivity contribution in [2.45, 2.75) is 5.25 Å². The Bertz CT molecular complexity index is 494. The Morgan fingerprint density at radius 3 is 2.94 bits per heavy atom. The van der Waals surface area contributed by atoms with Gasteiger partial charge in [0.05, 0.1) is 11.9 Å². The van der Waals surface area contributed by atoms with E-state index in [1.54, 1.807) is 0 Å². The molecule has 1 aliphatic rings. The molecule has 4 nitrogen and oxygen atoms in total. The van der Waals surface area contributed by atoms with Crippen molar-refractivity contribution >= 4 is 11.8 Å². The summed E-state index contributed by atoms with van der Waals surface area (Å²) in [6.07, 6.45) is 0. The molecule has 0 spiro atoms. The van der Waals surface area contributed by atoms with E-state index in [1.165, 1.54) is 11.8 Å². The van der Waals surface area contributed by atoms with E-state index in [1.807, 2.05) is 24.3 Å². The van der Waals surface area contributed by atoms with Gasteiger partial charge in [-0.2, -0.15) is 5.26 Å². The van der Waals surface area contributed by atoms with Crippen LogP contribution < -0.4 is 10.5 Å². The molecular weight excluding hydrogens is 236 g/mol. The van der Waals surface area contributed by atoms with Crippen LogP contribution >= 0.6 is 11.8 Å². The van der Waals surface area contributed by atoms with Gasteiger partial charge in [-0.3, -0.25) is 0 Å². The van der Waals surface area contributed by atoms with E-state index < -0.39 is 0 Å². The van der Waals surface area contributed by atoms with Crippen molar-refractivity contribution in [1.82, 2.24) is 0 Å². The molecule has 0 radical (unpaired) electrons. The van der Waals surface area contributed by atoms with Crippen LogP contribution in [-0.2, 0) is 0 Å². The van der Waals surface area contributed by atoms with E-state index in [-0.39, 0.29) is 17.7 Å². The summed E-state index contributed by atoms with van der Waals surface area (Å²) in [5.74, 6) is 1.39. The molecule has 0 bridgehead atoms. The van der Waals surface area contributed by atoms with Crippen LogP contribution in [0.5, 0.6) is 5.75 Å². The van der Waals surface area contributed by atoms with Gasteiger partial charge in [0.2, 0.25) is 5.88 Å². The number of aliphatic hydroxyl groups excluding tert-OH is 1. The number of benzene rings is 1. The molecule has 17 heavy (non-hydrogen) atoms. The van der Waals surface area contributed by atoms with Crippen molar-refractivity contribution in [1.29, 1.82) is 5.26 Å². The molecule has 0 aliphatic carbocycles. The largest absolute Gasteiger partial charge is 0.440 e. The standard InChI is InChI=1S/C12H12N2O2S/c13-7-9-11(17-6-5-15)8-3-1-2-4-10(8)16-12(9)14/h1-4,11,15H,5-6,14H2. The second-order valence-electron chi connectivity index (χ2n) is 3.50. The monoisotopic (exact) mass is 248 g/mol. The molecule has 1 aliphatic heterocycles. The third kappa shape index (κ3) is 2.23. The molecule has 0 fully saturated rings. The van der Waals surface area contributed by atoms with E-state index in [4.69, 9.17) is 20.8 Å². The summed E-state index contributed by atoms with van der Waals surface area (Å²) in [5, 5.41) is 17.8. The highest BCUT2D eigenvalue weighted by atomic mass is 32.2. The number of nitriles is 1. The molecule has 0 aromatic heterocycles. The highest BCUT2D eigenvalue weighted by molar-refractivity contribution is 7.99. The van der Waals surface area contributed by atoms with Crippen LogP contribution in [0, 0.1) is 11.3 Å². The molecular formula is C12H12N2O2S. The van der Waals surface area contributed by atoms with Crippen LogP contribution in [0.25, 0.3) is 0 Å². The second kappa shape index (κ2) is 5.13. The van der Waals surface area contributed by atoms with E-state index in [2.05, 4.69) is 6.07 Å². The lowest BCUT2D eigenvalue weighted by Crippen LogP contribution is -2.19. The third-order valence-corrected chi connectivity index (χ3v) is 3.69.